The first kappa shape index (κ1) is 11.7. The van der Waals surface area contributed by atoms with Gasteiger partial charge in [-0.3, -0.25) is 9.78 Å². The van der Waals surface area contributed by atoms with Crippen molar-refractivity contribution in [3.8, 4) is 0 Å². The number of carbonyl (C=O) groups excluding carboxylic acids is 1. The minimum Gasteiger partial charge on any atom is -0.343 e. The van der Waals surface area contributed by atoms with Crippen LogP contribution in [-0.4, -0.2) is 29.9 Å². The van der Waals surface area contributed by atoms with E-state index in [-0.39, 0.29) is 5.91 Å². The number of rotatable bonds is 3. The number of hydrogen-bond acceptors (Lipinski definition) is 2. The van der Waals surface area contributed by atoms with E-state index in [1.54, 1.807) is 26.4 Å². The Morgan fingerprint density at radius 3 is 2.53 bits per heavy atom. The second-order valence-corrected chi connectivity index (χ2v) is 3.99. The van der Waals surface area contributed by atoms with Crippen molar-refractivity contribution < 1.29 is 4.79 Å². The molecule has 0 aliphatic heterocycles. The molecule has 0 saturated heterocycles. The molecule has 1 aromatic heterocycles. The van der Waals surface area contributed by atoms with Crippen LogP contribution in [0.25, 0.3) is 0 Å². The van der Waals surface area contributed by atoms with Crippen molar-refractivity contribution in [2.45, 2.75) is 26.2 Å². The molecule has 15 heavy (non-hydrogen) atoms. The highest BCUT2D eigenvalue weighted by molar-refractivity contribution is 5.91. The molecular formula is C12H18N2O. The molecule has 0 spiro atoms. The lowest BCUT2D eigenvalue weighted by Crippen LogP contribution is -2.22. The molecule has 1 rings (SSSR count). The molecule has 3 nitrogen and oxygen atoms in total. The predicted octanol–water partition coefficient (Wildman–Crippen LogP) is 2.30. The zero-order valence-corrected chi connectivity index (χ0v) is 9.82. The molecule has 1 amide bonds. The fourth-order valence-corrected chi connectivity index (χ4v) is 1.29. The van der Waals surface area contributed by atoms with E-state index in [1.165, 1.54) is 10.5 Å². The summed E-state index contributed by atoms with van der Waals surface area (Å²) in [6, 6.07) is 3.78. The zero-order chi connectivity index (χ0) is 11.4. The summed E-state index contributed by atoms with van der Waals surface area (Å²) in [6.07, 6.45) is 2.88. The van der Waals surface area contributed by atoms with Crippen molar-refractivity contribution >= 4 is 5.91 Å². The van der Waals surface area contributed by atoms with Crippen molar-refractivity contribution in [3.05, 3.63) is 29.6 Å². The van der Waals surface area contributed by atoms with E-state index < -0.39 is 0 Å². The molecule has 3 heteroatoms. The highest BCUT2D eigenvalue weighted by atomic mass is 16.2. The molecule has 0 radical (unpaired) electrons. The van der Waals surface area contributed by atoms with Crippen LogP contribution in [0.4, 0.5) is 0 Å². The summed E-state index contributed by atoms with van der Waals surface area (Å²) in [5.74, 6) is 0.451. The van der Waals surface area contributed by atoms with Gasteiger partial charge in [-0.05, 0) is 24.0 Å². The second-order valence-electron chi connectivity index (χ2n) is 3.99. The lowest BCUT2D eigenvalue weighted by atomic mass is 10.0. The maximum Gasteiger partial charge on any atom is 0.271 e. The summed E-state index contributed by atoms with van der Waals surface area (Å²) in [4.78, 5) is 17.3. The third-order valence-electron chi connectivity index (χ3n) is 2.59. The van der Waals surface area contributed by atoms with Crippen LogP contribution in [0.15, 0.2) is 18.3 Å². The quantitative estimate of drug-likeness (QED) is 0.760. The summed E-state index contributed by atoms with van der Waals surface area (Å²) < 4.78 is 0. The van der Waals surface area contributed by atoms with Crippen molar-refractivity contribution in [1.29, 1.82) is 0 Å². The molecule has 0 aromatic carbocycles. The summed E-state index contributed by atoms with van der Waals surface area (Å²) in [6.45, 7) is 4.30. The Hall–Kier alpha value is -1.38. The molecule has 0 fully saturated rings. The Bertz CT molecular complexity index is 330. The van der Waals surface area contributed by atoms with Gasteiger partial charge in [0.2, 0.25) is 0 Å². The van der Waals surface area contributed by atoms with Crippen molar-refractivity contribution in [3.63, 3.8) is 0 Å². The van der Waals surface area contributed by atoms with E-state index in [0.29, 0.717) is 11.6 Å². The smallest absolute Gasteiger partial charge is 0.271 e. The Kier molecular flexibility index (Phi) is 3.83. The number of pyridine rings is 1. The Labute approximate surface area is 91.1 Å². The van der Waals surface area contributed by atoms with E-state index in [9.17, 15) is 4.79 Å². The summed E-state index contributed by atoms with van der Waals surface area (Å²) in [5.41, 5.74) is 1.69. The van der Waals surface area contributed by atoms with Gasteiger partial charge in [0.05, 0.1) is 0 Å². The van der Waals surface area contributed by atoms with Crippen LogP contribution < -0.4 is 0 Å². The standard InChI is InChI=1S/C12H18N2O/c1-5-9(2)10-6-7-11(13-8-10)12(15)14(3)4/h6-9H,5H2,1-4H3. The van der Waals surface area contributed by atoms with Gasteiger partial charge in [-0.1, -0.05) is 19.9 Å². The van der Waals surface area contributed by atoms with Gasteiger partial charge in [0.25, 0.3) is 5.91 Å². The summed E-state index contributed by atoms with van der Waals surface area (Å²) in [5, 5.41) is 0. The molecule has 0 bridgehead atoms. The topological polar surface area (TPSA) is 33.2 Å². The Morgan fingerprint density at radius 2 is 2.13 bits per heavy atom. The van der Waals surface area contributed by atoms with Gasteiger partial charge in [-0.2, -0.15) is 0 Å². The molecule has 0 saturated carbocycles. The third-order valence-corrected chi connectivity index (χ3v) is 2.59. The summed E-state index contributed by atoms with van der Waals surface area (Å²) >= 11 is 0. The first-order chi connectivity index (χ1) is 7.06. The molecular weight excluding hydrogens is 188 g/mol. The van der Waals surface area contributed by atoms with Crippen molar-refractivity contribution in [1.82, 2.24) is 9.88 Å². The maximum absolute atomic E-state index is 11.6. The highest BCUT2D eigenvalue weighted by Crippen LogP contribution is 2.17. The van der Waals surface area contributed by atoms with Crippen LogP contribution in [0.3, 0.4) is 0 Å². The third kappa shape index (κ3) is 2.78. The van der Waals surface area contributed by atoms with Gasteiger partial charge in [0, 0.05) is 20.3 Å². The van der Waals surface area contributed by atoms with E-state index in [4.69, 9.17) is 0 Å². The van der Waals surface area contributed by atoms with Gasteiger partial charge in [-0.15, -0.1) is 0 Å². The number of nitrogens with zero attached hydrogens (tertiary/aromatic N) is 2. The lowest BCUT2D eigenvalue weighted by molar-refractivity contribution is 0.0822. The first-order valence-electron chi connectivity index (χ1n) is 5.23. The summed E-state index contributed by atoms with van der Waals surface area (Å²) in [7, 11) is 3.46. The van der Waals surface area contributed by atoms with E-state index in [2.05, 4.69) is 18.8 Å². The van der Waals surface area contributed by atoms with Crippen LogP contribution in [0.5, 0.6) is 0 Å². The molecule has 0 N–H and O–H groups in total. The van der Waals surface area contributed by atoms with Crippen molar-refractivity contribution in [2.75, 3.05) is 14.1 Å². The molecule has 1 aromatic rings. The minimum atomic E-state index is -0.0503. The molecule has 1 unspecified atom stereocenters. The maximum atomic E-state index is 11.6. The molecule has 1 atom stereocenters. The fraction of sp³-hybridized carbons (Fsp3) is 0.500. The number of aromatic nitrogens is 1. The Balaban J connectivity index is 2.85. The van der Waals surface area contributed by atoms with E-state index in [1.807, 2.05) is 6.07 Å². The number of amides is 1. The van der Waals surface area contributed by atoms with Crippen LogP contribution >= 0.6 is 0 Å². The number of hydrogen-bond donors (Lipinski definition) is 0. The highest BCUT2D eigenvalue weighted by Gasteiger charge is 2.10. The zero-order valence-electron chi connectivity index (χ0n) is 9.82. The minimum absolute atomic E-state index is 0.0503. The normalized spacial score (nSPS) is 12.3. The van der Waals surface area contributed by atoms with Crippen LogP contribution in [0.2, 0.25) is 0 Å². The molecule has 1 heterocycles. The van der Waals surface area contributed by atoms with Crippen LogP contribution in [0.1, 0.15) is 42.2 Å². The molecule has 82 valence electrons. The van der Waals surface area contributed by atoms with E-state index >= 15 is 0 Å². The van der Waals surface area contributed by atoms with Gasteiger partial charge >= 0.3 is 0 Å². The lowest BCUT2D eigenvalue weighted by Gasteiger charge is -2.11. The monoisotopic (exact) mass is 206 g/mol. The largest absolute Gasteiger partial charge is 0.343 e. The Morgan fingerprint density at radius 1 is 1.47 bits per heavy atom. The SMILES string of the molecule is CCC(C)c1ccc(C(=O)N(C)C)nc1. The van der Waals surface area contributed by atoms with Gasteiger partial charge in [-0.25, -0.2) is 0 Å². The molecule has 0 aliphatic rings. The van der Waals surface area contributed by atoms with Gasteiger partial charge < -0.3 is 4.90 Å². The van der Waals surface area contributed by atoms with Crippen LogP contribution in [0, 0.1) is 0 Å². The van der Waals surface area contributed by atoms with Gasteiger partial charge in [0.15, 0.2) is 0 Å². The second kappa shape index (κ2) is 4.91. The van der Waals surface area contributed by atoms with Crippen molar-refractivity contribution in [2.24, 2.45) is 0 Å². The average Bonchev–Trinajstić information content (AvgIpc) is 2.27. The average molecular weight is 206 g/mol. The fourth-order valence-electron chi connectivity index (χ4n) is 1.29. The molecule has 0 aliphatic carbocycles. The predicted molar refractivity (Wildman–Crippen MR) is 61.0 cm³/mol. The van der Waals surface area contributed by atoms with E-state index in [0.717, 1.165) is 6.42 Å². The number of carbonyl (C=O) groups is 1. The van der Waals surface area contributed by atoms with Crippen LogP contribution in [-0.2, 0) is 0 Å². The first-order valence-corrected chi connectivity index (χ1v) is 5.23. The van der Waals surface area contributed by atoms with Gasteiger partial charge in [0.1, 0.15) is 5.69 Å².